The zero-order valence-electron chi connectivity index (χ0n) is 12.0. The first kappa shape index (κ1) is 24.9. The summed E-state index contributed by atoms with van der Waals surface area (Å²) in [4.78, 5) is -5.30. The van der Waals surface area contributed by atoms with Crippen molar-refractivity contribution in [1.29, 1.82) is 0 Å². The molecular weight excluding hydrogens is 516 g/mol. The smallest absolute Gasteiger partial charge is 0.221 e. The molecule has 0 heterocycles. The van der Waals surface area contributed by atoms with Crippen LogP contribution in [0.15, 0.2) is 23.3 Å². The van der Waals surface area contributed by atoms with Gasteiger partial charge in [0, 0.05) is 0 Å². The highest BCUT2D eigenvalue weighted by Crippen LogP contribution is 2.64. The number of rotatable bonds is 2. The molecule has 1 saturated carbocycles. The van der Waals surface area contributed by atoms with Gasteiger partial charge in [0.1, 0.15) is 5.57 Å². The Labute approximate surface area is 151 Å². The Morgan fingerprint density at radius 2 is 1.11 bits per heavy atom. The molecule has 0 aliphatic heterocycles. The van der Waals surface area contributed by atoms with Gasteiger partial charge in [-0.1, -0.05) is 0 Å². The monoisotopic (exact) mass is 516 g/mol. The van der Waals surface area contributed by atoms with Crippen LogP contribution >= 0.6 is 15.9 Å². The molecule has 0 aromatic rings. The summed E-state index contributed by atoms with van der Waals surface area (Å²) in [5.41, 5.74) is -11.2. The van der Waals surface area contributed by atoms with Gasteiger partial charge >= 0.3 is 34.7 Å². The number of allylic oxidation sites excluding steroid dienone is 3. The van der Waals surface area contributed by atoms with Crippen molar-refractivity contribution >= 4 is 15.9 Å². The Bertz CT molecular complexity index is 687. The highest BCUT2D eigenvalue weighted by molar-refractivity contribution is 9.10. The lowest BCUT2D eigenvalue weighted by Gasteiger charge is -2.45. The molecule has 0 spiro atoms. The lowest BCUT2D eigenvalue weighted by molar-refractivity contribution is -0.303. The first-order valence-electron chi connectivity index (χ1n) is 6.04. The average Bonchev–Trinajstić information content (AvgIpc) is 2.83. The third kappa shape index (κ3) is 3.26. The molecule has 0 bridgehead atoms. The summed E-state index contributed by atoms with van der Waals surface area (Å²) < 4.78 is 193. The molecular formula is C11HBrF16. The molecule has 2 aliphatic rings. The van der Waals surface area contributed by atoms with Gasteiger partial charge in [0.2, 0.25) is 0 Å². The van der Waals surface area contributed by atoms with Crippen molar-refractivity contribution in [3.05, 3.63) is 23.3 Å². The third-order valence-corrected chi connectivity index (χ3v) is 3.89. The lowest BCUT2D eigenvalue weighted by Crippen LogP contribution is -2.67. The molecule has 2 aliphatic carbocycles. The normalized spacial score (nSPS) is 27.9. The maximum atomic E-state index is 13.1. The van der Waals surface area contributed by atoms with Crippen LogP contribution in [-0.4, -0.2) is 40.4 Å². The molecule has 0 radical (unpaired) electrons. The van der Waals surface area contributed by atoms with Gasteiger partial charge in [0.25, 0.3) is 11.7 Å². The zero-order valence-corrected chi connectivity index (χ0v) is 13.6. The van der Waals surface area contributed by atoms with Crippen LogP contribution in [0.25, 0.3) is 0 Å². The van der Waals surface area contributed by atoms with E-state index in [0.717, 1.165) is 15.9 Å². The number of halogens is 17. The first-order valence-corrected chi connectivity index (χ1v) is 6.83. The van der Waals surface area contributed by atoms with Crippen LogP contribution in [0.5, 0.6) is 0 Å². The molecule has 1 unspecified atom stereocenters. The van der Waals surface area contributed by atoms with Crippen LogP contribution in [0.1, 0.15) is 0 Å². The summed E-state index contributed by atoms with van der Waals surface area (Å²) in [7, 11) is 0. The van der Waals surface area contributed by atoms with Crippen molar-refractivity contribution in [2.24, 2.45) is 0 Å². The fourth-order valence-electron chi connectivity index (χ4n) is 1.81. The molecule has 0 aromatic heterocycles. The van der Waals surface area contributed by atoms with Crippen molar-refractivity contribution in [2.45, 2.75) is 40.4 Å². The first-order chi connectivity index (χ1) is 11.9. The fourth-order valence-corrected chi connectivity index (χ4v) is 2.03. The topological polar surface area (TPSA) is 0 Å². The Balaban J connectivity index is 0.000000330. The van der Waals surface area contributed by atoms with Crippen molar-refractivity contribution in [3.8, 4) is 0 Å². The highest BCUT2D eigenvalue weighted by Gasteiger charge is 2.85. The van der Waals surface area contributed by atoms with E-state index in [1.54, 1.807) is 0 Å². The molecule has 1 fully saturated rings. The molecule has 0 aromatic carbocycles. The van der Waals surface area contributed by atoms with Crippen LogP contribution in [0.3, 0.4) is 0 Å². The van der Waals surface area contributed by atoms with Gasteiger partial charge in [0.15, 0.2) is 0 Å². The van der Waals surface area contributed by atoms with Crippen molar-refractivity contribution in [3.63, 3.8) is 0 Å². The fraction of sp³-hybridized carbons (Fsp3) is 0.636. The average molecular weight is 517 g/mol. The molecule has 0 nitrogen and oxygen atoms in total. The molecule has 0 saturated heterocycles. The van der Waals surface area contributed by atoms with Crippen LogP contribution < -0.4 is 0 Å². The minimum Gasteiger partial charge on any atom is -0.221 e. The van der Waals surface area contributed by atoms with Gasteiger partial charge in [-0.2, -0.15) is 65.9 Å². The summed E-state index contributed by atoms with van der Waals surface area (Å²) in [6.07, 6.45) is -10.6. The quantitative estimate of drug-likeness (QED) is 0.213. The maximum absolute atomic E-state index is 13.1. The molecule has 28 heavy (non-hydrogen) atoms. The standard InChI is InChI=1S/C7HBrF10.C4F6/c8-6(14,15)5(12,13)2-1-3(9,10)4(2,11)7(16,17)18;5-2(6)1-3(7,8)4(1,9)10/h1H;. The van der Waals surface area contributed by atoms with E-state index in [1.807, 2.05) is 0 Å². The highest BCUT2D eigenvalue weighted by atomic mass is 79.9. The Hall–Kier alpha value is -1.16. The Morgan fingerprint density at radius 1 is 0.750 bits per heavy atom. The predicted molar refractivity (Wildman–Crippen MR) is 60.9 cm³/mol. The van der Waals surface area contributed by atoms with Crippen molar-refractivity contribution in [1.82, 2.24) is 0 Å². The number of hydrogen-bond donors (Lipinski definition) is 0. The minimum atomic E-state index is -6.46. The van der Waals surface area contributed by atoms with E-state index < -0.39 is 63.7 Å². The summed E-state index contributed by atoms with van der Waals surface area (Å²) in [6.45, 7) is 0. The van der Waals surface area contributed by atoms with Gasteiger partial charge < -0.3 is 0 Å². The second kappa shape index (κ2) is 6.17. The van der Waals surface area contributed by atoms with E-state index in [2.05, 4.69) is 0 Å². The molecule has 164 valence electrons. The summed E-state index contributed by atoms with van der Waals surface area (Å²) in [5, 5.41) is 0. The number of alkyl halides is 15. The van der Waals surface area contributed by atoms with Crippen LogP contribution in [-0.2, 0) is 0 Å². The Kier molecular flexibility index (Phi) is 5.48. The van der Waals surface area contributed by atoms with Crippen LogP contribution in [0.4, 0.5) is 70.2 Å². The van der Waals surface area contributed by atoms with Crippen molar-refractivity contribution in [2.75, 3.05) is 0 Å². The third-order valence-electron chi connectivity index (χ3n) is 3.39. The molecule has 17 heteroatoms. The number of hydrogen-bond acceptors (Lipinski definition) is 0. The second-order valence-electron chi connectivity index (χ2n) is 5.19. The summed E-state index contributed by atoms with van der Waals surface area (Å²) in [5.74, 6) is -20.3. The Morgan fingerprint density at radius 3 is 1.25 bits per heavy atom. The van der Waals surface area contributed by atoms with E-state index in [-0.39, 0.29) is 0 Å². The summed E-state index contributed by atoms with van der Waals surface area (Å²) in [6, 6.07) is 0. The van der Waals surface area contributed by atoms with Gasteiger partial charge in [-0.25, -0.2) is 4.39 Å². The van der Waals surface area contributed by atoms with E-state index in [0.29, 0.717) is 0 Å². The predicted octanol–water partition coefficient (Wildman–Crippen LogP) is 6.88. The lowest BCUT2D eigenvalue weighted by atomic mass is 9.73. The second-order valence-corrected chi connectivity index (χ2v) is 6.19. The van der Waals surface area contributed by atoms with E-state index in [4.69, 9.17) is 0 Å². The van der Waals surface area contributed by atoms with Gasteiger partial charge in [-0.3, -0.25) is 0 Å². The van der Waals surface area contributed by atoms with E-state index in [9.17, 15) is 70.2 Å². The summed E-state index contributed by atoms with van der Waals surface area (Å²) >= 11 is 1.03. The van der Waals surface area contributed by atoms with Crippen molar-refractivity contribution < 1.29 is 70.2 Å². The zero-order chi connectivity index (χ0) is 22.9. The van der Waals surface area contributed by atoms with Gasteiger partial charge in [0.05, 0.1) is 5.57 Å². The van der Waals surface area contributed by atoms with Crippen LogP contribution in [0.2, 0.25) is 0 Å². The van der Waals surface area contributed by atoms with Crippen LogP contribution in [0, 0.1) is 0 Å². The molecule has 1 atom stereocenters. The molecule has 2 rings (SSSR count). The van der Waals surface area contributed by atoms with Gasteiger partial charge in [-0.05, 0) is 22.0 Å². The van der Waals surface area contributed by atoms with Gasteiger partial charge in [-0.15, -0.1) is 0 Å². The molecule has 0 amide bonds. The largest absolute Gasteiger partial charge is 0.433 e. The SMILES string of the molecule is FC(F)(F)C1(F)C(C(F)(F)C(F)(F)Br)=CC1(F)F.FC(F)=C1C(F)(F)C1(F)F. The van der Waals surface area contributed by atoms with E-state index in [1.165, 1.54) is 0 Å². The minimum absolute atomic E-state index is 1.03. The molecule has 0 N–H and O–H groups in total. The van der Waals surface area contributed by atoms with E-state index >= 15 is 0 Å². The maximum Gasteiger partial charge on any atom is 0.433 e.